The van der Waals surface area contributed by atoms with Crippen molar-refractivity contribution in [2.45, 2.75) is 33.2 Å². The van der Waals surface area contributed by atoms with Crippen LogP contribution in [0.5, 0.6) is 0 Å². The van der Waals surface area contributed by atoms with E-state index in [1.54, 1.807) is 6.07 Å². The number of anilines is 2. The van der Waals surface area contributed by atoms with E-state index in [9.17, 15) is 9.59 Å². The second kappa shape index (κ2) is 3.98. The number of carbonyl (C=O) groups is 2. The van der Waals surface area contributed by atoms with Crippen LogP contribution in [0.25, 0.3) is 0 Å². The Balaban J connectivity index is 2.54. The molecule has 1 aliphatic rings. The van der Waals surface area contributed by atoms with Gasteiger partial charge in [-0.2, -0.15) is 0 Å². The average molecular weight is 262 g/mol. The van der Waals surface area contributed by atoms with Gasteiger partial charge in [0, 0.05) is 5.54 Å². The van der Waals surface area contributed by atoms with Crippen molar-refractivity contribution in [2.75, 3.05) is 10.6 Å². The number of carboxylic acids is 1. The number of hydrogen-bond donors (Lipinski definition) is 3. The van der Waals surface area contributed by atoms with Crippen LogP contribution in [-0.2, 0) is 4.79 Å². The van der Waals surface area contributed by atoms with Crippen LogP contribution in [0, 0.1) is 5.41 Å². The minimum Gasteiger partial charge on any atom is -0.478 e. The number of rotatable bonds is 1. The molecule has 2 rings (SSSR count). The van der Waals surface area contributed by atoms with Crippen molar-refractivity contribution in [1.82, 2.24) is 0 Å². The lowest BCUT2D eigenvalue weighted by atomic mass is 9.74. The molecule has 102 valence electrons. The third kappa shape index (κ3) is 2.05. The van der Waals surface area contributed by atoms with E-state index >= 15 is 0 Å². The Kier molecular flexibility index (Phi) is 2.81. The van der Waals surface area contributed by atoms with Crippen LogP contribution in [0.1, 0.15) is 38.1 Å². The molecular weight excluding hydrogens is 244 g/mol. The maximum atomic E-state index is 12.3. The summed E-state index contributed by atoms with van der Waals surface area (Å²) in [5.41, 5.74) is 0.304. The van der Waals surface area contributed by atoms with E-state index in [0.717, 1.165) is 5.69 Å². The number of aromatic carboxylic acids is 1. The molecule has 1 heterocycles. The summed E-state index contributed by atoms with van der Waals surface area (Å²) in [5.74, 6) is -1.15. The van der Waals surface area contributed by atoms with Crippen molar-refractivity contribution in [1.29, 1.82) is 0 Å². The molecule has 1 aromatic carbocycles. The lowest BCUT2D eigenvalue weighted by molar-refractivity contribution is -0.126. The van der Waals surface area contributed by atoms with Crippen molar-refractivity contribution < 1.29 is 14.7 Å². The van der Waals surface area contributed by atoms with Gasteiger partial charge in [0.15, 0.2) is 0 Å². The number of carboxylic acid groups (broad SMARTS) is 1. The van der Waals surface area contributed by atoms with E-state index in [1.165, 1.54) is 12.1 Å². The molecule has 0 saturated carbocycles. The van der Waals surface area contributed by atoms with Gasteiger partial charge in [0.2, 0.25) is 5.91 Å². The SMILES string of the molecule is CC1(C)Nc2ccc(C(=O)O)cc2NC(=O)C1(C)C. The van der Waals surface area contributed by atoms with Gasteiger partial charge in [0.05, 0.1) is 22.4 Å². The third-order valence-corrected chi connectivity index (χ3v) is 4.09. The Morgan fingerprint density at radius 1 is 1.16 bits per heavy atom. The van der Waals surface area contributed by atoms with Crippen LogP contribution in [-0.4, -0.2) is 22.5 Å². The highest BCUT2D eigenvalue weighted by molar-refractivity contribution is 6.02. The van der Waals surface area contributed by atoms with E-state index in [0.29, 0.717) is 5.69 Å². The zero-order valence-electron chi connectivity index (χ0n) is 11.5. The molecule has 5 heteroatoms. The van der Waals surface area contributed by atoms with Gasteiger partial charge in [0.25, 0.3) is 0 Å². The molecule has 1 aliphatic heterocycles. The molecule has 0 radical (unpaired) electrons. The van der Waals surface area contributed by atoms with Crippen LogP contribution in [0.15, 0.2) is 18.2 Å². The smallest absolute Gasteiger partial charge is 0.335 e. The van der Waals surface area contributed by atoms with E-state index in [2.05, 4.69) is 10.6 Å². The summed E-state index contributed by atoms with van der Waals surface area (Å²) in [6.07, 6.45) is 0. The van der Waals surface area contributed by atoms with Gasteiger partial charge in [-0.25, -0.2) is 4.79 Å². The van der Waals surface area contributed by atoms with Crippen molar-refractivity contribution in [2.24, 2.45) is 5.41 Å². The van der Waals surface area contributed by atoms with Gasteiger partial charge in [-0.15, -0.1) is 0 Å². The normalized spacial score (nSPS) is 19.7. The van der Waals surface area contributed by atoms with E-state index in [1.807, 2.05) is 27.7 Å². The second-order valence-electron chi connectivity index (χ2n) is 5.89. The Bertz CT molecular complexity index is 562. The molecular formula is C14H18N2O3. The van der Waals surface area contributed by atoms with Crippen LogP contribution >= 0.6 is 0 Å². The highest BCUT2D eigenvalue weighted by atomic mass is 16.4. The molecule has 0 spiro atoms. The van der Waals surface area contributed by atoms with E-state index < -0.39 is 16.9 Å². The minimum absolute atomic E-state index is 0.133. The molecule has 1 aromatic rings. The van der Waals surface area contributed by atoms with Crippen LogP contribution < -0.4 is 10.6 Å². The molecule has 3 N–H and O–H groups in total. The van der Waals surface area contributed by atoms with Gasteiger partial charge in [-0.1, -0.05) is 0 Å². The summed E-state index contributed by atoms with van der Waals surface area (Å²) in [4.78, 5) is 23.3. The number of amides is 1. The first kappa shape index (κ1) is 13.4. The van der Waals surface area contributed by atoms with Gasteiger partial charge in [-0.3, -0.25) is 4.79 Å². The maximum absolute atomic E-state index is 12.3. The highest BCUT2D eigenvalue weighted by Gasteiger charge is 2.45. The average Bonchev–Trinajstić information content (AvgIpc) is 2.35. The Hall–Kier alpha value is -2.04. The largest absolute Gasteiger partial charge is 0.478 e. The summed E-state index contributed by atoms with van der Waals surface area (Å²) in [7, 11) is 0. The molecule has 5 nitrogen and oxygen atoms in total. The molecule has 1 amide bonds. The van der Waals surface area contributed by atoms with Crippen LogP contribution in [0.4, 0.5) is 11.4 Å². The fraction of sp³-hybridized carbons (Fsp3) is 0.429. The molecule has 0 saturated heterocycles. The van der Waals surface area contributed by atoms with Gasteiger partial charge < -0.3 is 15.7 Å². The molecule has 19 heavy (non-hydrogen) atoms. The van der Waals surface area contributed by atoms with Crippen molar-refractivity contribution in [3.05, 3.63) is 23.8 Å². The minimum atomic E-state index is -1.01. The summed E-state index contributed by atoms with van der Waals surface area (Å²) in [6, 6.07) is 4.68. The zero-order valence-corrected chi connectivity index (χ0v) is 11.5. The first-order valence-electron chi connectivity index (χ1n) is 6.12. The second-order valence-corrected chi connectivity index (χ2v) is 5.89. The summed E-state index contributed by atoms with van der Waals surface area (Å²) >= 11 is 0. The summed E-state index contributed by atoms with van der Waals surface area (Å²) < 4.78 is 0. The zero-order chi connectivity index (χ0) is 14.4. The number of carbonyl (C=O) groups excluding carboxylic acids is 1. The third-order valence-electron chi connectivity index (χ3n) is 4.09. The Labute approximate surface area is 112 Å². The molecule has 0 atom stereocenters. The van der Waals surface area contributed by atoms with Crippen molar-refractivity contribution in [3.63, 3.8) is 0 Å². The van der Waals surface area contributed by atoms with Gasteiger partial charge in [0.1, 0.15) is 0 Å². The highest BCUT2D eigenvalue weighted by Crippen LogP contribution is 2.40. The fourth-order valence-corrected chi connectivity index (χ4v) is 1.95. The standard InChI is InChI=1S/C14H18N2O3/c1-13(2)12(19)15-10-7-8(11(17)18)5-6-9(10)16-14(13,3)4/h5-7,16H,1-4H3,(H,15,19)(H,17,18). The monoisotopic (exact) mass is 262 g/mol. The Morgan fingerprint density at radius 3 is 2.37 bits per heavy atom. The first-order chi connectivity index (χ1) is 8.65. The lowest BCUT2D eigenvalue weighted by Gasteiger charge is -2.39. The summed E-state index contributed by atoms with van der Waals surface area (Å²) in [6.45, 7) is 7.62. The maximum Gasteiger partial charge on any atom is 0.335 e. The van der Waals surface area contributed by atoms with Gasteiger partial charge in [-0.05, 0) is 45.9 Å². The number of hydrogen-bond acceptors (Lipinski definition) is 3. The van der Waals surface area contributed by atoms with Crippen molar-refractivity contribution >= 4 is 23.3 Å². The number of fused-ring (bicyclic) bond motifs is 1. The predicted molar refractivity (Wildman–Crippen MR) is 73.5 cm³/mol. The number of benzene rings is 1. The topological polar surface area (TPSA) is 78.4 Å². The first-order valence-corrected chi connectivity index (χ1v) is 6.12. The van der Waals surface area contributed by atoms with E-state index in [4.69, 9.17) is 5.11 Å². The van der Waals surface area contributed by atoms with Gasteiger partial charge >= 0.3 is 5.97 Å². The van der Waals surface area contributed by atoms with Crippen LogP contribution in [0.2, 0.25) is 0 Å². The molecule has 0 fully saturated rings. The quantitative estimate of drug-likeness (QED) is 0.726. The lowest BCUT2D eigenvalue weighted by Crippen LogP contribution is -2.50. The van der Waals surface area contributed by atoms with E-state index in [-0.39, 0.29) is 11.5 Å². The van der Waals surface area contributed by atoms with Crippen molar-refractivity contribution in [3.8, 4) is 0 Å². The summed E-state index contributed by atoms with van der Waals surface area (Å²) in [5, 5.41) is 15.1. The fourth-order valence-electron chi connectivity index (χ4n) is 1.95. The molecule has 0 bridgehead atoms. The predicted octanol–water partition coefficient (Wildman–Crippen LogP) is 2.55. The molecule has 0 aromatic heterocycles. The molecule has 0 aliphatic carbocycles. The van der Waals surface area contributed by atoms with Crippen LogP contribution in [0.3, 0.4) is 0 Å². The molecule has 0 unspecified atom stereocenters. The number of nitrogens with one attached hydrogen (secondary N) is 2. The Morgan fingerprint density at radius 2 is 1.79 bits per heavy atom.